The molecule has 0 bridgehead atoms. The van der Waals surface area contributed by atoms with Crippen LogP contribution in [0.5, 0.6) is 0 Å². The van der Waals surface area contributed by atoms with Crippen LogP contribution >= 0.6 is 0 Å². The van der Waals surface area contributed by atoms with E-state index >= 15 is 0 Å². The van der Waals surface area contributed by atoms with E-state index in [0.717, 1.165) is 39.1 Å². The number of oxazole rings is 1. The summed E-state index contributed by atoms with van der Waals surface area (Å²) in [6.07, 6.45) is 0. The molecule has 0 saturated carbocycles. The van der Waals surface area contributed by atoms with Gasteiger partial charge < -0.3 is 15.1 Å². The fraction of sp³-hybridized carbons (Fsp3) is 0.250. The van der Waals surface area contributed by atoms with Crippen molar-refractivity contribution in [1.29, 1.82) is 0 Å². The third-order valence-corrected chi connectivity index (χ3v) is 5.92. The molecule has 0 fully saturated rings. The Morgan fingerprint density at radius 3 is 1.71 bits per heavy atom. The van der Waals surface area contributed by atoms with Gasteiger partial charge in [0.25, 0.3) is 0 Å². The highest BCUT2D eigenvalue weighted by Crippen LogP contribution is 2.21. The van der Waals surface area contributed by atoms with Crippen LogP contribution in [0.3, 0.4) is 0 Å². The number of fused-ring (bicyclic) bond motifs is 1. The number of benzene rings is 3. The fourth-order valence-electron chi connectivity index (χ4n) is 4.13. The van der Waals surface area contributed by atoms with Gasteiger partial charge in [-0.05, 0) is 62.1 Å². The topological polar surface area (TPSA) is 87.5 Å². The maximum atomic E-state index is 13.0. The Bertz CT molecular complexity index is 1230. The summed E-state index contributed by atoms with van der Waals surface area (Å²) in [6, 6.07) is 19.2. The molecule has 0 saturated heterocycles. The van der Waals surface area contributed by atoms with Crippen LogP contribution in [0.1, 0.15) is 28.1 Å². The van der Waals surface area contributed by atoms with Crippen molar-refractivity contribution in [2.24, 2.45) is 0 Å². The summed E-state index contributed by atoms with van der Waals surface area (Å²) < 4.78 is 5.86. The average molecular weight is 471 g/mol. The average Bonchev–Trinajstić information content (AvgIpc) is 3.21. The van der Waals surface area contributed by atoms with Gasteiger partial charge >= 0.3 is 0 Å². The first-order valence-electron chi connectivity index (χ1n) is 11.6. The Kier molecular flexibility index (Phi) is 7.27. The third-order valence-electron chi connectivity index (χ3n) is 5.92. The van der Waals surface area contributed by atoms with Gasteiger partial charge in [0.2, 0.25) is 17.7 Å². The molecule has 2 amide bonds. The molecule has 7 nitrogen and oxygen atoms in total. The lowest BCUT2D eigenvalue weighted by Gasteiger charge is -2.21. The molecule has 35 heavy (non-hydrogen) atoms. The largest absolute Gasteiger partial charge is 0.439 e. The minimum absolute atomic E-state index is 0.00662. The Morgan fingerprint density at radius 1 is 0.743 bits per heavy atom. The molecule has 0 aliphatic carbocycles. The Morgan fingerprint density at radius 2 is 1.23 bits per heavy atom. The summed E-state index contributed by atoms with van der Waals surface area (Å²) in [5, 5.41) is 6.00. The lowest BCUT2D eigenvalue weighted by atomic mass is 10.1. The van der Waals surface area contributed by atoms with Gasteiger partial charge in [-0.3, -0.25) is 14.5 Å². The van der Waals surface area contributed by atoms with E-state index in [0.29, 0.717) is 11.5 Å². The molecule has 0 unspecified atom stereocenters. The molecule has 180 valence electrons. The maximum absolute atomic E-state index is 13.0. The molecule has 4 rings (SSSR count). The van der Waals surface area contributed by atoms with Crippen molar-refractivity contribution in [3.63, 3.8) is 0 Å². The van der Waals surface area contributed by atoms with Gasteiger partial charge in [-0.1, -0.05) is 48.5 Å². The number of nitrogens with one attached hydrogen (secondary N) is 2. The van der Waals surface area contributed by atoms with E-state index in [1.165, 1.54) is 0 Å². The highest BCUT2D eigenvalue weighted by atomic mass is 16.3. The first-order valence-corrected chi connectivity index (χ1v) is 11.6. The van der Waals surface area contributed by atoms with Gasteiger partial charge in [-0.25, -0.2) is 4.98 Å². The predicted octanol–water partition coefficient (Wildman–Crippen LogP) is 5.14. The van der Waals surface area contributed by atoms with Crippen LogP contribution in [0, 0.1) is 27.7 Å². The van der Waals surface area contributed by atoms with Gasteiger partial charge in [-0.2, -0.15) is 0 Å². The number of para-hydroxylation sites is 4. The van der Waals surface area contributed by atoms with Crippen LogP contribution in [0.25, 0.3) is 11.1 Å². The Hall–Kier alpha value is -3.97. The quantitative estimate of drug-likeness (QED) is 0.372. The van der Waals surface area contributed by atoms with Gasteiger partial charge in [0.1, 0.15) is 5.52 Å². The van der Waals surface area contributed by atoms with Crippen molar-refractivity contribution >= 4 is 34.3 Å². The molecule has 0 radical (unpaired) electrons. The minimum atomic E-state index is -0.210. The monoisotopic (exact) mass is 470 g/mol. The van der Waals surface area contributed by atoms with E-state index in [1.54, 1.807) is 4.90 Å². The molecule has 0 spiro atoms. The second kappa shape index (κ2) is 10.5. The standard InChI is InChI=1S/C28H30N4O3/c1-18-9-7-10-19(2)27(18)30-24(33)15-32(17-26-29-22-13-5-6-14-23(22)35-26)16-25(34)31-28-20(3)11-8-12-21(28)4/h5-14H,15-17H2,1-4H3,(H,30,33)(H,31,34). The summed E-state index contributed by atoms with van der Waals surface area (Å²) in [4.78, 5) is 32.3. The molecule has 1 heterocycles. The lowest BCUT2D eigenvalue weighted by molar-refractivity contribution is -0.120. The maximum Gasteiger partial charge on any atom is 0.238 e. The van der Waals surface area contributed by atoms with Crippen LogP contribution in [0.15, 0.2) is 65.1 Å². The van der Waals surface area contributed by atoms with Crippen molar-refractivity contribution < 1.29 is 14.0 Å². The van der Waals surface area contributed by atoms with Crippen molar-refractivity contribution in [3.05, 3.63) is 88.8 Å². The first kappa shape index (κ1) is 24.2. The fourth-order valence-corrected chi connectivity index (χ4v) is 4.13. The molecule has 4 aromatic rings. The highest BCUT2D eigenvalue weighted by molar-refractivity contribution is 5.96. The summed E-state index contributed by atoms with van der Waals surface area (Å²) in [6.45, 7) is 8.05. The normalized spacial score (nSPS) is 11.1. The molecular formula is C28H30N4O3. The van der Waals surface area contributed by atoms with Gasteiger partial charge in [0, 0.05) is 11.4 Å². The van der Waals surface area contributed by atoms with Crippen LogP contribution in [-0.4, -0.2) is 34.8 Å². The van der Waals surface area contributed by atoms with Crippen molar-refractivity contribution in [3.8, 4) is 0 Å². The number of carbonyl (C=O) groups is 2. The van der Waals surface area contributed by atoms with E-state index in [4.69, 9.17) is 4.42 Å². The molecule has 3 aromatic carbocycles. The molecule has 1 aromatic heterocycles. The molecule has 2 N–H and O–H groups in total. The van der Waals surface area contributed by atoms with Crippen LogP contribution in [0.4, 0.5) is 11.4 Å². The molecule has 7 heteroatoms. The number of aromatic nitrogens is 1. The number of rotatable bonds is 8. The highest BCUT2D eigenvalue weighted by Gasteiger charge is 2.20. The SMILES string of the molecule is Cc1cccc(C)c1NC(=O)CN(CC(=O)Nc1c(C)cccc1C)Cc1nc2ccccc2o1. The molecule has 0 aliphatic rings. The summed E-state index contributed by atoms with van der Waals surface area (Å²) in [7, 11) is 0. The summed E-state index contributed by atoms with van der Waals surface area (Å²) in [5.74, 6) is 0.0303. The third kappa shape index (κ3) is 5.94. The first-order chi connectivity index (χ1) is 16.8. The second-order valence-corrected chi connectivity index (χ2v) is 8.85. The van der Waals surface area contributed by atoms with Crippen LogP contribution in [0.2, 0.25) is 0 Å². The van der Waals surface area contributed by atoms with Crippen LogP contribution < -0.4 is 10.6 Å². The van der Waals surface area contributed by atoms with E-state index in [9.17, 15) is 9.59 Å². The Labute approximate surface area is 205 Å². The van der Waals surface area contributed by atoms with E-state index in [-0.39, 0.29) is 31.4 Å². The van der Waals surface area contributed by atoms with Crippen molar-refractivity contribution in [2.75, 3.05) is 23.7 Å². The number of hydrogen-bond donors (Lipinski definition) is 2. The number of carbonyl (C=O) groups excluding carboxylic acids is 2. The summed E-state index contributed by atoms with van der Waals surface area (Å²) in [5.41, 5.74) is 6.92. The predicted molar refractivity (Wildman–Crippen MR) is 138 cm³/mol. The zero-order valence-corrected chi connectivity index (χ0v) is 20.5. The minimum Gasteiger partial charge on any atom is -0.439 e. The zero-order chi connectivity index (χ0) is 24.9. The number of aryl methyl sites for hydroxylation is 4. The zero-order valence-electron chi connectivity index (χ0n) is 20.5. The number of amides is 2. The smallest absolute Gasteiger partial charge is 0.238 e. The molecular weight excluding hydrogens is 440 g/mol. The van der Waals surface area contributed by atoms with E-state index < -0.39 is 0 Å². The number of hydrogen-bond acceptors (Lipinski definition) is 5. The van der Waals surface area contributed by atoms with Crippen molar-refractivity contribution in [2.45, 2.75) is 34.2 Å². The molecule has 0 aliphatic heterocycles. The Balaban J connectivity index is 1.52. The number of anilines is 2. The van der Waals surface area contributed by atoms with Gasteiger partial charge in [0.05, 0.1) is 19.6 Å². The van der Waals surface area contributed by atoms with Crippen molar-refractivity contribution in [1.82, 2.24) is 9.88 Å². The van der Waals surface area contributed by atoms with Gasteiger partial charge in [0.15, 0.2) is 5.58 Å². The van der Waals surface area contributed by atoms with Gasteiger partial charge in [-0.15, -0.1) is 0 Å². The van der Waals surface area contributed by atoms with E-state index in [2.05, 4.69) is 15.6 Å². The lowest BCUT2D eigenvalue weighted by Crippen LogP contribution is -2.38. The van der Waals surface area contributed by atoms with E-state index in [1.807, 2.05) is 88.4 Å². The molecule has 0 atom stereocenters. The van der Waals surface area contributed by atoms with Crippen LogP contribution in [-0.2, 0) is 16.1 Å². The number of nitrogens with zero attached hydrogens (tertiary/aromatic N) is 2. The summed E-state index contributed by atoms with van der Waals surface area (Å²) >= 11 is 0. The second-order valence-electron chi connectivity index (χ2n) is 8.85.